The van der Waals surface area contributed by atoms with Gasteiger partial charge in [-0.05, 0) is 70.5 Å². The van der Waals surface area contributed by atoms with E-state index < -0.39 is 0 Å². The number of nitrogens with one attached hydrogen (secondary N) is 1. The first-order valence-electron chi connectivity index (χ1n) is 7.37. The smallest absolute Gasteiger partial charge is 0.119 e. The Morgan fingerprint density at radius 1 is 1.37 bits per heavy atom. The lowest BCUT2D eigenvalue weighted by Gasteiger charge is -2.34. The molecule has 2 rings (SSSR count). The fourth-order valence-corrected chi connectivity index (χ4v) is 2.81. The molecule has 3 heteroatoms. The predicted octanol–water partition coefficient (Wildman–Crippen LogP) is 3.23. The highest BCUT2D eigenvalue weighted by atomic mass is 16.5. The van der Waals surface area contributed by atoms with Gasteiger partial charge >= 0.3 is 0 Å². The highest BCUT2D eigenvalue weighted by Crippen LogP contribution is 2.22. The van der Waals surface area contributed by atoms with Crippen molar-refractivity contribution >= 4 is 5.69 Å². The van der Waals surface area contributed by atoms with E-state index in [0.29, 0.717) is 6.04 Å². The predicted molar refractivity (Wildman–Crippen MR) is 80.9 cm³/mol. The summed E-state index contributed by atoms with van der Waals surface area (Å²) in [7, 11) is 2.22. The van der Waals surface area contributed by atoms with Crippen LogP contribution in [0.2, 0.25) is 0 Å². The zero-order valence-electron chi connectivity index (χ0n) is 12.4. The van der Waals surface area contributed by atoms with Gasteiger partial charge in [-0.3, -0.25) is 0 Å². The molecule has 1 aliphatic heterocycles. The van der Waals surface area contributed by atoms with Crippen molar-refractivity contribution in [2.45, 2.75) is 32.7 Å². The van der Waals surface area contributed by atoms with E-state index in [0.717, 1.165) is 18.3 Å². The Labute approximate surface area is 116 Å². The summed E-state index contributed by atoms with van der Waals surface area (Å²) in [6.45, 7) is 7.46. The number of hydrogen-bond acceptors (Lipinski definition) is 3. The number of hydrogen-bond donors (Lipinski definition) is 1. The van der Waals surface area contributed by atoms with Gasteiger partial charge < -0.3 is 15.0 Å². The second-order valence-electron chi connectivity index (χ2n) is 5.55. The fraction of sp³-hybridized carbons (Fsp3) is 0.625. The molecule has 1 aliphatic rings. The minimum atomic E-state index is 0.515. The molecule has 2 unspecified atom stereocenters. The average Bonchev–Trinajstić information content (AvgIpc) is 2.41. The Kier molecular flexibility index (Phi) is 5.08. The molecule has 2 atom stereocenters. The molecule has 0 aromatic heterocycles. The second-order valence-corrected chi connectivity index (χ2v) is 5.55. The van der Waals surface area contributed by atoms with Crippen LogP contribution in [-0.4, -0.2) is 37.7 Å². The van der Waals surface area contributed by atoms with Crippen LogP contribution in [0, 0.1) is 5.92 Å². The zero-order chi connectivity index (χ0) is 13.7. The lowest BCUT2D eigenvalue weighted by molar-refractivity contribution is 0.197. The molecular weight excluding hydrogens is 236 g/mol. The minimum absolute atomic E-state index is 0.515. The lowest BCUT2D eigenvalue weighted by Crippen LogP contribution is -2.39. The molecule has 3 nitrogen and oxygen atoms in total. The Balaban J connectivity index is 1.88. The molecule has 0 spiro atoms. The van der Waals surface area contributed by atoms with Gasteiger partial charge in [0.1, 0.15) is 5.75 Å². The minimum Gasteiger partial charge on any atom is -0.494 e. The summed E-state index contributed by atoms with van der Waals surface area (Å²) in [4.78, 5) is 2.44. The summed E-state index contributed by atoms with van der Waals surface area (Å²) in [6, 6.07) is 8.79. The third kappa shape index (κ3) is 4.13. The van der Waals surface area contributed by atoms with E-state index >= 15 is 0 Å². The maximum absolute atomic E-state index is 5.46. The normalized spacial score (nSPS) is 21.9. The number of nitrogens with zero attached hydrogens (tertiary/aromatic N) is 1. The molecule has 0 amide bonds. The van der Waals surface area contributed by atoms with Crippen LogP contribution in [-0.2, 0) is 0 Å². The SMILES string of the molecule is CCOc1ccc(NC(C)C2CCCN(C)C2)cc1. The molecule has 1 heterocycles. The van der Waals surface area contributed by atoms with Crippen LogP contribution in [0.1, 0.15) is 26.7 Å². The molecular formula is C16H26N2O. The van der Waals surface area contributed by atoms with Crippen LogP contribution in [0.3, 0.4) is 0 Å². The summed E-state index contributed by atoms with van der Waals surface area (Å²) in [5.41, 5.74) is 1.18. The average molecular weight is 262 g/mol. The molecule has 1 N–H and O–H groups in total. The summed E-state index contributed by atoms with van der Waals surface area (Å²) >= 11 is 0. The van der Waals surface area contributed by atoms with Gasteiger partial charge in [0.25, 0.3) is 0 Å². The first-order valence-corrected chi connectivity index (χ1v) is 7.37. The Bertz CT molecular complexity index is 377. The van der Waals surface area contributed by atoms with Crippen molar-refractivity contribution in [1.29, 1.82) is 0 Å². The molecule has 19 heavy (non-hydrogen) atoms. The molecule has 1 aromatic rings. The molecule has 1 fully saturated rings. The van der Waals surface area contributed by atoms with Crippen LogP contribution in [0.25, 0.3) is 0 Å². The van der Waals surface area contributed by atoms with E-state index in [1.54, 1.807) is 0 Å². The maximum atomic E-state index is 5.46. The number of likely N-dealkylation sites (tertiary alicyclic amines) is 1. The van der Waals surface area contributed by atoms with Crippen molar-refractivity contribution < 1.29 is 4.74 Å². The highest BCUT2D eigenvalue weighted by molar-refractivity contribution is 5.47. The summed E-state index contributed by atoms with van der Waals surface area (Å²) in [5, 5.41) is 3.62. The van der Waals surface area contributed by atoms with E-state index in [2.05, 4.69) is 36.3 Å². The Hall–Kier alpha value is -1.22. The van der Waals surface area contributed by atoms with Crippen molar-refractivity contribution in [3.8, 4) is 5.75 Å². The monoisotopic (exact) mass is 262 g/mol. The lowest BCUT2D eigenvalue weighted by atomic mass is 9.92. The number of ether oxygens (including phenoxy) is 1. The van der Waals surface area contributed by atoms with E-state index in [4.69, 9.17) is 4.74 Å². The van der Waals surface area contributed by atoms with Gasteiger partial charge in [-0.2, -0.15) is 0 Å². The van der Waals surface area contributed by atoms with Gasteiger partial charge in [-0.15, -0.1) is 0 Å². The van der Waals surface area contributed by atoms with Crippen molar-refractivity contribution in [1.82, 2.24) is 4.90 Å². The summed E-state index contributed by atoms with van der Waals surface area (Å²) in [6.07, 6.45) is 2.64. The third-order valence-corrected chi connectivity index (χ3v) is 3.93. The van der Waals surface area contributed by atoms with Crippen LogP contribution in [0.4, 0.5) is 5.69 Å². The van der Waals surface area contributed by atoms with Gasteiger partial charge in [-0.25, -0.2) is 0 Å². The highest BCUT2D eigenvalue weighted by Gasteiger charge is 2.22. The van der Waals surface area contributed by atoms with Crippen molar-refractivity contribution in [3.63, 3.8) is 0 Å². The van der Waals surface area contributed by atoms with Crippen molar-refractivity contribution in [2.24, 2.45) is 5.92 Å². The number of rotatable bonds is 5. The van der Waals surface area contributed by atoms with Gasteiger partial charge in [-0.1, -0.05) is 0 Å². The van der Waals surface area contributed by atoms with Gasteiger partial charge in [0.2, 0.25) is 0 Å². The molecule has 106 valence electrons. The zero-order valence-corrected chi connectivity index (χ0v) is 12.4. The summed E-state index contributed by atoms with van der Waals surface area (Å²) < 4.78 is 5.46. The molecule has 0 bridgehead atoms. The van der Waals surface area contributed by atoms with E-state index in [9.17, 15) is 0 Å². The topological polar surface area (TPSA) is 24.5 Å². The number of anilines is 1. The molecule has 0 aliphatic carbocycles. The van der Waals surface area contributed by atoms with Crippen LogP contribution >= 0.6 is 0 Å². The largest absolute Gasteiger partial charge is 0.494 e. The first-order chi connectivity index (χ1) is 9.19. The van der Waals surface area contributed by atoms with Gasteiger partial charge in [0.15, 0.2) is 0 Å². The first kappa shape index (κ1) is 14.2. The van der Waals surface area contributed by atoms with Crippen molar-refractivity contribution in [2.75, 3.05) is 32.1 Å². The number of piperidine rings is 1. The van der Waals surface area contributed by atoms with Crippen LogP contribution < -0.4 is 10.1 Å². The van der Waals surface area contributed by atoms with Crippen LogP contribution in [0.5, 0.6) is 5.75 Å². The second kappa shape index (κ2) is 6.80. The molecule has 0 radical (unpaired) electrons. The molecule has 1 aromatic carbocycles. The van der Waals surface area contributed by atoms with Gasteiger partial charge in [0.05, 0.1) is 6.61 Å². The number of benzene rings is 1. The van der Waals surface area contributed by atoms with Gasteiger partial charge in [0, 0.05) is 18.3 Å². The van der Waals surface area contributed by atoms with Crippen molar-refractivity contribution in [3.05, 3.63) is 24.3 Å². The van der Waals surface area contributed by atoms with E-state index in [1.165, 1.54) is 31.6 Å². The quantitative estimate of drug-likeness (QED) is 0.881. The molecule has 0 saturated carbocycles. The van der Waals surface area contributed by atoms with E-state index in [1.807, 2.05) is 19.1 Å². The maximum Gasteiger partial charge on any atom is 0.119 e. The van der Waals surface area contributed by atoms with Crippen LogP contribution in [0.15, 0.2) is 24.3 Å². The summed E-state index contributed by atoms with van der Waals surface area (Å²) in [5.74, 6) is 1.68. The Morgan fingerprint density at radius 3 is 2.74 bits per heavy atom. The fourth-order valence-electron chi connectivity index (χ4n) is 2.81. The van der Waals surface area contributed by atoms with E-state index in [-0.39, 0.29) is 0 Å². The Morgan fingerprint density at radius 2 is 2.11 bits per heavy atom. The molecule has 1 saturated heterocycles. The third-order valence-electron chi connectivity index (χ3n) is 3.93. The standard InChI is InChI=1S/C16H26N2O/c1-4-19-16-9-7-15(8-10-16)17-13(2)14-6-5-11-18(3)12-14/h7-10,13-14,17H,4-6,11-12H2,1-3H3.